The van der Waals surface area contributed by atoms with Gasteiger partial charge in [-0.05, 0) is 64.0 Å². The number of benzene rings is 1. The van der Waals surface area contributed by atoms with E-state index < -0.39 is 0 Å². The first-order valence-electron chi connectivity index (χ1n) is 11.6. The van der Waals surface area contributed by atoms with E-state index in [9.17, 15) is 0 Å². The van der Waals surface area contributed by atoms with Crippen molar-refractivity contribution in [1.82, 2.24) is 10.2 Å². The van der Waals surface area contributed by atoms with Gasteiger partial charge in [0, 0.05) is 33.3 Å². The highest BCUT2D eigenvalue weighted by atomic mass is 127. The van der Waals surface area contributed by atoms with Crippen LogP contribution >= 0.6 is 24.0 Å². The Morgan fingerprint density at radius 3 is 2.58 bits per heavy atom. The minimum Gasteiger partial charge on any atom is -0.494 e. The molecule has 1 aromatic carbocycles. The fraction of sp³-hybridized carbons (Fsp3) is 0.708. The van der Waals surface area contributed by atoms with Crippen LogP contribution in [0.15, 0.2) is 29.3 Å². The number of aliphatic imine (C=N–C) groups is 1. The molecule has 1 N–H and O–H groups in total. The topological polar surface area (TPSA) is 55.3 Å². The summed E-state index contributed by atoms with van der Waals surface area (Å²) in [5, 5.41) is 3.50. The number of aryl methyl sites for hydroxylation is 1. The van der Waals surface area contributed by atoms with Crippen LogP contribution in [0.1, 0.15) is 50.5 Å². The van der Waals surface area contributed by atoms with Crippen LogP contribution < -0.4 is 10.1 Å². The Balaban J connectivity index is 0.00000341. The third kappa shape index (κ3) is 9.53. The molecule has 6 nitrogen and oxygen atoms in total. The second kappa shape index (κ2) is 14.9. The number of guanidine groups is 1. The van der Waals surface area contributed by atoms with E-state index in [2.05, 4.69) is 34.3 Å². The van der Waals surface area contributed by atoms with Crippen LogP contribution in [0.3, 0.4) is 0 Å². The molecule has 2 fully saturated rings. The molecular formula is C24H40IN3O3. The quantitative estimate of drug-likeness (QED) is 0.216. The monoisotopic (exact) mass is 545 g/mol. The Hall–Kier alpha value is -1.06. The normalized spacial score (nSPS) is 20.3. The predicted octanol–water partition coefficient (Wildman–Crippen LogP) is 4.40. The van der Waals surface area contributed by atoms with E-state index in [1.54, 1.807) is 0 Å². The van der Waals surface area contributed by atoms with Gasteiger partial charge in [-0.25, -0.2) is 0 Å². The summed E-state index contributed by atoms with van der Waals surface area (Å²) < 4.78 is 17.7. The molecule has 1 atom stereocenters. The molecule has 2 aliphatic rings. The van der Waals surface area contributed by atoms with Crippen molar-refractivity contribution < 1.29 is 14.2 Å². The first kappa shape index (κ1) is 26.2. The standard InChI is InChI=1S/C24H39N3O3.HI/c1-20-8-10-21(11-9-20)28-18-6-4-14-26-24(25-2)27-15-12-22(13-16-27)30-19-23-7-3-5-17-29-23;/h8-11,22-23H,3-7,12-19H2,1-2H3,(H,25,26);1H. The van der Waals surface area contributed by atoms with Gasteiger partial charge in [0.2, 0.25) is 0 Å². The fourth-order valence-electron chi connectivity index (χ4n) is 4.00. The van der Waals surface area contributed by atoms with Crippen LogP contribution in [-0.4, -0.2) is 69.6 Å². The molecule has 0 aliphatic carbocycles. The lowest BCUT2D eigenvalue weighted by Crippen LogP contribution is -2.47. The van der Waals surface area contributed by atoms with Crippen molar-refractivity contribution in [1.29, 1.82) is 0 Å². The summed E-state index contributed by atoms with van der Waals surface area (Å²) in [6, 6.07) is 8.23. The number of nitrogens with zero attached hydrogens (tertiary/aromatic N) is 2. The Bertz CT molecular complexity index is 627. The summed E-state index contributed by atoms with van der Waals surface area (Å²) in [7, 11) is 1.87. The first-order chi connectivity index (χ1) is 14.7. The number of hydrogen-bond donors (Lipinski definition) is 1. The molecule has 7 heteroatoms. The van der Waals surface area contributed by atoms with Gasteiger partial charge in [-0.3, -0.25) is 4.99 Å². The Morgan fingerprint density at radius 1 is 1.13 bits per heavy atom. The summed E-state index contributed by atoms with van der Waals surface area (Å²) in [5.41, 5.74) is 1.26. The van der Waals surface area contributed by atoms with E-state index in [4.69, 9.17) is 14.2 Å². The molecule has 31 heavy (non-hydrogen) atoms. The highest BCUT2D eigenvalue weighted by Gasteiger charge is 2.23. The van der Waals surface area contributed by atoms with E-state index in [1.165, 1.54) is 18.4 Å². The van der Waals surface area contributed by atoms with Gasteiger partial charge in [-0.1, -0.05) is 17.7 Å². The van der Waals surface area contributed by atoms with Gasteiger partial charge in [0.1, 0.15) is 5.75 Å². The smallest absolute Gasteiger partial charge is 0.193 e. The lowest BCUT2D eigenvalue weighted by atomic mass is 10.1. The van der Waals surface area contributed by atoms with Crippen molar-refractivity contribution in [3.8, 4) is 5.75 Å². The van der Waals surface area contributed by atoms with Crippen LogP contribution in [0.25, 0.3) is 0 Å². The summed E-state index contributed by atoms with van der Waals surface area (Å²) in [5.74, 6) is 1.95. The highest BCUT2D eigenvalue weighted by molar-refractivity contribution is 14.0. The molecule has 1 aromatic rings. The molecule has 3 rings (SSSR count). The fourth-order valence-corrected chi connectivity index (χ4v) is 4.00. The number of piperidine rings is 1. The molecule has 0 amide bonds. The van der Waals surface area contributed by atoms with Crippen molar-refractivity contribution in [3.63, 3.8) is 0 Å². The number of rotatable bonds is 9. The molecule has 1 unspecified atom stereocenters. The van der Waals surface area contributed by atoms with Crippen LogP contribution in [0.2, 0.25) is 0 Å². The molecule has 2 aliphatic heterocycles. The largest absolute Gasteiger partial charge is 0.494 e. The Kier molecular flexibility index (Phi) is 12.6. The maximum Gasteiger partial charge on any atom is 0.193 e. The van der Waals surface area contributed by atoms with Gasteiger partial charge in [-0.2, -0.15) is 0 Å². The predicted molar refractivity (Wildman–Crippen MR) is 137 cm³/mol. The van der Waals surface area contributed by atoms with Gasteiger partial charge in [0.15, 0.2) is 5.96 Å². The van der Waals surface area contributed by atoms with E-state index in [1.807, 2.05) is 19.2 Å². The van der Waals surface area contributed by atoms with Crippen molar-refractivity contribution in [2.45, 2.75) is 64.1 Å². The maximum absolute atomic E-state index is 6.13. The van der Waals surface area contributed by atoms with Gasteiger partial charge >= 0.3 is 0 Å². The zero-order valence-electron chi connectivity index (χ0n) is 19.2. The van der Waals surface area contributed by atoms with Gasteiger partial charge in [0.25, 0.3) is 0 Å². The second-order valence-corrected chi connectivity index (χ2v) is 8.35. The maximum atomic E-state index is 6.13. The molecule has 0 aromatic heterocycles. The third-order valence-corrected chi connectivity index (χ3v) is 5.89. The lowest BCUT2D eigenvalue weighted by molar-refractivity contribution is -0.0721. The van der Waals surface area contributed by atoms with E-state index in [-0.39, 0.29) is 24.0 Å². The molecule has 0 radical (unpaired) electrons. The molecule has 0 bridgehead atoms. The number of halogens is 1. The molecule has 0 spiro atoms. The summed E-state index contributed by atoms with van der Waals surface area (Å²) in [6.45, 7) is 7.38. The van der Waals surface area contributed by atoms with Crippen LogP contribution in [-0.2, 0) is 9.47 Å². The summed E-state index contributed by atoms with van der Waals surface area (Å²) in [6.07, 6.45) is 8.46. The highest BCUT2D eigenvalue weighted by Crippen LogP contribution is 2.18. The first-order valence-corrected chi connectivity index (χ1v) is 11.6. The van der Waals surface area contributed by atoms with Gasteiger partial charge in [0.05, 0.1) is 25.4 Å². The Morgan fingerprint density at radius 2 is 1.90 bits per heavy atom. The van der Waals surface area contributed by atoms with Crippen LogP contribution in [0.5, 0.6) is 5.75 Å². The Labute approximate surface area is 205 Å². The van der Waals surface area contributed by atoms with E-state index in [0.717, 1.165) is 83.3 Å². The number of likely N-dealkylation sites (tertiary alicyclic amines) is 1. The molecule has 2 heterocycles. The SMILES string of the molecule is CN=C(NCCCCOc1ccc(C)cc1)N1CCC(OCC2CCCCO2)CC1.I. The lowest BCUT2D eigenvalue weighted by Gasteiger charge is -2.35. The number of hydrogen-bond acceptors (Lipinski definition) is 4. The summed E-state index contributed by atoms with van der Waals surface area (Å²) >= 11 is 0. The average Bonchev–Trinajstić information content (AvgIpc) is 2.80. The van der Waals surface area contributed by atoms with E-state index >= 15 is 0 Å². The van der Waals surface area contributed by atoms with Crippen molar-refractivity contribution in [2.24, 2.45) is 4.99 Å². The zero-order valence-corrected chi connectivity index (χ0v) is 21.5. The number of nitrogens with one attached hydrogen (secondary N) is 1. The van der Waals surface area contributed by atoms with Crippen LogP contribution in [0.4, 0.5) is 0 Å². The van der Waals surface area contributed by atoms with Gasteiger partial charge < -0.3 is 24.4 Å². The average molecular weight is 546 g/mol. The minimum atomic E-state index is 0. The molecule has 176 valence electrons. The summed E-state index contributed by atoms with van der Waals surface area (Å²) in [4.78, 5) is 6.82. The minimum absolute atomic E-state index is 0. The second-order valence-electron chi connectivity index (χ2n) is 8.35. The van der Waals surface area contributed by atoms with E-state index in [0.29, 0.717) is 12.2 Å². The van der Waals surface area contributed by atoms with Crippen molar-refractivity contribution in [3.05, 3.63) is 29.8 Å². The number of unbranched alkanes of at least 4 members (excludes halogenated alkanes) is 1. The third-order valence-electron chi connectivity index (χ3n) is 5.89. The zero-order chi connectivity index (χ0) is 21.0. The number of ether oxygens (including phenoxy) is 3. The van der Waals surface area contributed by atoms with Gasteiger partial charge in [-0.15, -0.1) is 24.0 Å². The van der Waals surface area contributed by atoms with Crippen LogP contribution in [0, 0.1) is 6.92 Å². The van der Waals surface area contributed by atoms with Crippen molar-refractivity contribution >= 4 is 29.9 Å². The molecule has 2 saturated heterocycles. The molecular weight excluding hydrogens is 505 g/mol. The van der Waals surface area contributed by atoms with Crippen molar-refractivity contribution in [2.75, 3.05) is 46.5 Å². The molecule has 0 saturated carbocycles.